The van der Waals surface area contributed by atoms with Gasteiger partial charge < -0.3 is 10.5 Å². The number of rotatable bonds is 5. The standard InChI is InChI=1S/C18H16FNO3/c19-13-8-6-11(7-9-13)14-10-15(14)18(22)23-16(17(20)21)12-4-2-1-3-5-12/h1-9,14-16H,10H2,(H2,20,21)/t14-,15+,16+/m0/s1. The minimum absolute atomic E-state index is 0.00685. The van der Waals surface area contributed by atoms with Crippen LogP contribution in [-0.4, -0.2) is 11.9 Å². The summed E-state index contributed by atoms with van der Waals surface area (Å²) in [5, 5.41) is 0. The maximum absolute atomic E-state index is 12.9. The van der Waals surface area contributed by atoms with Gasteiger partial charge in [-0.05, 0) is 30.0 Å². The Morgan fingerprint density at radius 3 is 2.35 bits per heavy atom. The van der Waals surface area contributed by atoms with Gasteiger partial charge in [-0.15, -0.1) is 0 Å². The van der Waals surface area contributed by atoms with Gasteiger partial charge >= 0.3 is 5.97 Å². The van der Waals surface area contributed by atoms with Crippen LogP contribution in [0.15, 0.2) is 54.6 Å². The number of benzene rings is 2. The number of primary amides is 1. The smallest absolute Gasteiger partial charge is 0.310 e. The van der Waals surface area contributed by atoms with Crippen molar-refractivity contribution in [1.82, 2.24) is 0 Å². The maximum atomic E-state index is 12.9. The third-order valence-corrected chi connectivity index (χ3v) is 3.99. The Morgan fingerprint density at radius 1 is 1.09 bits per heavy atom. The minimum atomic E-state index is -1.09. The highest BCUT2D eigenvalue weighted by Gasteiger charge is 2.46. The van der Waals surface area contributed by atoms with E-state index in [1.165, 1.54) is 12.1 Å². The van der Waals surface area contributed by atoms with Gasteiger partial charge in [0, 0.05) is 5.56 Å². The van der Waals surface area contributed by atoms with Gasteiger partial charge in [0.1, 0.15) is 5.82 Å². The van der Waals surface area contributed by atoms with Crippen molar-refractivity contribution < 1.29 is 18.7 Å². The Kier molecular flexibility index (Phi) is 4.10. The molecule has 0 aliphatic heterocycles. The summed E-state index contributed by atoms with van der Waals surface area (Å²) in [6, 6.07) is 14.7. The minimum Gasteiger partial charge on any atom is -0.447 e. The normalized spacial score (nSPS) is 20.6. The Morgan fingerprint density at radius 2 is 1.74 bits per heavy atom. The Balaban J connectivity index is 1.67. The summed E-state index contributed by atoms with van der Waals surface area (Å²) in [6.07, 6.45) is -0.455. The molecule has 1 aliphatic carbocycles. The number of hydrogen-bond donors (Lipinski definition) is 1. The number of carbonyl (C=O) groups excluding carboxylic acids is 2. The van der Waals surface area contributed by atoms with E-state index in [0.29, 0.717) is 12.0 Å². The first-order chi connectivity index (χ1) is 11.1. The van der Waals surface area contributed by atoms with Crippen molar-refractivity contribution in [2.75, 3.05) is 0 Å². The average Bonchev–Trinajstić information content (AvgIpc) is 3.34. The first-order valence-electron chi connectivity index (χ1n) is 7.36. The van der Waals surface area contributed by atoms with E-state index in [-0.39, 0.29) is 17.7 Å². The molecule has 5 heteroatoms. The molecule has 0 bridgehead atoms. The van der Waals surface area contributed by atoms with E-state index in [0.717, 1.165) is 5.56 Å². The summed E-state index contributed by atoms with van der Waals surface area (Å²) in [5.74, 6) is -1.78. The molecule has 3 atom stereocenters. The molecule has 2 aromatic carbocycles. The second kappa shape index (κ2) is 6.20. The molecule has 0 spiro atoms. The molecule has 0 aromatic heterocycles. The summed E-state index contributed by atoms with van der Waals surface area (Å²) < 4.78 is 18.2. The molecule has 23 heavy (non-hydrogen) atoms. The van der Waals surface area contributed by atoms with E-state index in [4.69, 9.17) is 10.5 Å². The molecule has 118 valence electrons. The molecule has 0 radical (unpaired) electrons. The number of esters is 1. The van der Waals surface area contributed by atoms with Crippen LogP contribution in [0.3, 0.4) is 0 Å². The van der Waals surface area contributed by atoms with E-state index in [9.17, 15) is 14.0 Å². The lowest BCUT2D eigenvalue weighted by Crippen LogP contribution is -2.26. The van der Waals surface area contributed by atoms with Crippen LogP contribution in [0.2, 0.25) is 0 Å². The van der Waals surface area contributed by atoms with E-state index in [2.05, 4.69) is 0 Å². The molecule has 1 amide bonds. The van der Waals surface area contributed by atoms with Crippen LogP contribution in [0.5, 0.6) is 0 Å². The number of nitrogens with two attached hydrogens (primary N) is 1. The molecule has 4 nitrogen and oxygen atoms in total. The van der Waals surface area contributed by atoms with Gasteiger partial charge in [0.15, 0.2) is 0 Å². The molecule has 0 heterocycles. The van der Waals surface area contributed by atoms with Gasteiger partial charge in [-0.2, -0.15) is 0 Å². The Hall–Kier alpha value is -2.69. The van der Waals surface area contributed by atoms with E-state index < -0.39 is 18.0 Å². The fourth-order valence-corrected chi connectivity index (χ4v) is 2.66. The predicted molar refractivity (Wildman–Crippen MR) is 81.7 cm³/mol. The molecule has 1 aliphatic rings. The van der Waals surface area contributed by atoms with Gasteiger partial charge in [0.05, 0.1) is 5.92 Å². The molecular formula is C18H16FNO3. The number of carbonyl (C=O) groups is 2. The van der Waals surface area contributed by atoms with Crippen LogP contribution in [0.25, 0.3) is 0 Å². The number of amides is 1. The summed E-state index contributed by atoms with van der Waals surface area (Å²) in [7, 11) is 0. The van der Waals surface area contributed by atoms with E-state index in [1.807, 2.05) is 0 Å². The molecular weight excluding hydrogens is 297 g/mol. The number of ether oxygens (including phenoxy) is 1. The SMILES string of the molecule is NC(=O)[C@H](OC(=O)[C@@H]1C[C@H]1c1ccc(F)cc1)c1ccccc1. The van der Waals surface area contributed by atoms with Crippen molar-refractivity contribution >= 4 is 11.9 Å². The summed E-state index contributed by atoms with van der Waals surface area (Å²) >= 11 is 0. The third kappa shape index (κ3) is 3.39. The van der Waals surface area contributed by atoms with Crippen LogP contribution >= 0.6 is 0 Å². The topological polar surface area (TPSA) is 69.4 Å². The molecule has 1 saturated carbocycles. The highest BCUT2D eigenvalue weighted by Crippen LogP contribution is 2.48. The van der Waals surface area contributed by atoms with Crippen molar-refractivity contribution in [2.45, 2.75) is 18.4 Å². The molecule has 2 aromatic rings. The second-order valence-electron chi connectivity index (χ2n) is 5.63. The van der Waals surface area contributed by atoms with Crippen LogP contribution in [0.1, 0.15) is 29.6 Å². The van der Waals surface area contributed by atoms with Crippen LogP contribution in [0, 0.1) is 11.7 Å². The van der Waals surface area contributed by atoms with Crippen molar-refractivity contribution in [3.8, 4) is 0 Å². The fraction of sp³-hybridized carbons (Fsp3) is 0.222. The van der Waals surface area contributed by atoms with Gasteiger partial charge in [0.2, 0.25) is 6.10 Å². The lowest BCUT2D eigenvalue weighted by atomic mass is 10.1. The first-order valence-corrected chi connectivity index (χ1v) is 7.36. The largest absolute Gasteiger partial charge is 0.447 e. The van der Waals surface area contributed by atoms with Gasteiger partial charge in [-0.25, -0.2) is 4.39 Å². The average molecular weight is 313 g/mol. The molecule has 0 saturated heterocycles. The zero-order valence-electron chi connectivity index (χ0n) is 12.3. The van der Waals surface area contributed by atoms with E-state index in [1.54, 1.807) is 42.5 Å². The van der Waals surface area contributed by atoms with Crippen molar-refractivity contribution in [2.24, 2.45) is 11.7 Å². The van der Waals surface area contributed by atoms with Crippen LogP contribution < -0.4 is 5.73 Å². The molecule has 1 fully saturated rings. The van der Waals surface area contributed by atoms with Gasteiger partial charge in [-0.1, -0.05) is 42.5 Å². The summed E-state index contributed by atoms with van der Waals surface area (Å²) in [5.41, 5.74) is 6.78. The fourth-order valence-electron chi connectivity index (χ4n) is 2.66. The van der Waals surface area contributed by atoms with Crippen LogP contribution in [0.4, 0.5) is 4.39 Å². The highest BCUT2D eigenvalue weighted by molar-refractivity contribution is 5.85. The third-order valence-electron chi connectivity index (χ3n) is 3.99. The van der Waals surface area contributed by atoms with Crippen molar-refractivity contribution in [3.63, 3.8) is 0 Å². The number of hydrogen-bond acceptors (Lipinski definition) is 3. The lowest BCUT2D eigenvalue weighted by molar-refractivity contribution is -0.156. The molecule has 0 unspecified atom stereocenters. The van der Waals surface area contributed by atoms with Gasteiger partial charge in [-0.3, -0.25) is 9.59 Å². The molecule has 2 N–H and O–H groups in total. The highest BCUT2D eigenvalue weighted by atomic mass is 19.1. The van der Waals surface area contributed by atoms with Crippen molar-refractivity contribution in [3.05, 3.63) is 71.5 Å². The predicted octanol–water partition coefficient (Wildman–Crippen LogP) is 2.70. The molecule has 3 rings (SSSR count). The zero-order valence-corrected chi connectivity index (χ0v) is 12.3. The quantitative estimate of drug-likeness (QED) is 0.863. The van der Waals surface area contributed by atoms with Crippen LogP contribution in [-0.2, 0) is 14.3 Å². The lowest BCUT2D eigenvalue weighted by Gasteiger charge is -2.15. The maximum Gasteiger partial charge on any atom is 0.310 e. The Bertz CT molecular complexity index is 715. The summed E-state index contributed by atoms with van der Waals surface area (Å²) in [4.78, 5) is 23.8. The van der Waals surface area contributed by atoms with Crippen molar-refractivity contribution in [1.29, 1.82) is 0 Å². The van der Waals surface area contributed by atoms with E-state index >= 15 is 0 Å². The Labute approximate surface area is 133 Å². The zero-order chi connectivity index (χ0) is 16.4. The van der Waals surface area contributed by atoms with Gasteiger partial charge in [0.25, 0.3) is 5.91 Å². The summed E-state index contributed by atoms with van der Waals surface area (Å²) in [6.45, 7) is 0. The monoisotopic (exact) mass is 313 g/mol. The first kappa shape index (κ1) is 15.2. The second-order valence-corrected chi connectivity index (χ2v) is 5.63. The number of halogens is 1.